The van der Waals surface area contributed by atoms with E-state index in [0.717, 1.165) is 22.0 Å². The number of anilines is 1. The standard InChI is InChI=1S/C13H15N3O2S/c1-8-4-11(6-12(5-8)16(17)18)15-10(3)13-14-9(2)7-19-13/h4-7,10,15H,1-3H3. The van der Waals surface area contributed by atoms with Crippen LogP contribution in [0.5, 0.6) is 0 Å². The zero-order chi connectivity index (χ0) is 14.0. The molecule has 0 aliphatic rings. The van der Waals surface area contributed by atoms with Gasteiger partial charge in [-0.1, -0.05) is 0 Å². The molecule has 0 saturated carbocycles. The Balaban J connectivity index is 2.21. The molecule has 0 saturated heterocycles. The Hall–Kier alpha value is -1.95. The summed E-state index contributed by atoms with van der Waals surface area (Å²) in [5.74, 6) is 0. The number of nitrogens with zero attached hydrogens (tertiary/aromatic N) is 2. The number of non-ortho nitro benzene ring substituents is 1. The summed E-state index contributed by atoms with van der Waals surface area (Å²) < 4.78 is 0. The number of nitro benzene ring substituents is 1. The van der Waals surface area contributed by atoms with Crippen molar-refractivity contribution in [1.29, 1.82) is 0 Å². The minimum Gasteiger partial charge on any atom is -0.376 e. The molecular weight excluding hydrogens is 262 g/mol. The maximum atomic E-state index is 10.8. The number of nitro groups is 1. The number of benzene rings is 1. The summed E-state index contributed by atoms with van der Waals surface area (Å²) in [4.78, 5) is 14.9. The minimum absolute atomic E-state index is 0.0279. The van der Waals surface area contributed by atoms with Crippen LogP contribution in [0.3, 0.4) is 0 Å². The van der Waals surface area contributed by atoms with Crippen LogP contribution in [-0.2, 0) is 0 Å². The van der Waals surface area contributed by atoms with Gasteiger partial charge >= 0.3 is 0 Å². The molecule has 2 rings (SSSR count). The molecule has 0 aliphatic carbocycles. The van der Waals surface area contributed by atoms with Crippen molar-refractivity contribution in [2.24, 2.45) is 0 Å². The molecule has 1 aromatic heterocycles. The zero-order valence-corrected chi connectivity index (χ0v) is 11.8. The van der Waals surface area contributed by atoms with E-state index in [9.17, 15) is 10.1 Å². The molecule has 6 heteroatoms. The molecule has 100 valence electrons. The van der Waals surface area contributed by atoms with Gasteiger partial charge < -0.3 is 5.32 Å². The number of hydrogen-bond donors (Lipinski definition) is 1. The lowest BCUT2D eigenvalue weighted by atomic mass is 10.2. The molecule has 19 heavy (non-hydrogen) atoms. The van der Waals surface area contributed by atoms with Crippen LogP contribution in [0.2, 0.25) is 0 Å². The average molecular weight is 277 g/mol. The van der Waals surface area contributed by atoms with Crippen LogP contribution in [-0.4, -0.2) is 9.91 Å². The van der Waals surface area contributed by atoms with Gasteiger partial charge in [0.2, 0.25) is 0 Å². The summed E-state index contributed by atoms with van der Waals surface area (Å²) in [6, 6.07) is 5.03. The van der Waals surface area contributed by atoms with Crippen molar-refractivity contribution in [3.63, 3.8) is 0 Å². The Bertz CT molecular complexity index is 610. The molecule has 1 N–H and O–H groups in total. The molecule has 0 radical (unpaired) electrons. The summed E-state index contributed by atoms with van der Waals surface area (Å²) in [6.07, 6.45) is 0. The molecule has 0 aliphatic heterocycles. The highest BCUT2D eigenvalue weighted by Gasteiger charge is 2.12. The maximum Gasteiger partial charge on any atom is 0.271 e. The van der Waals surface area contributed by atoms with Crippen molar-refractivity contribution < 1.29 is 4.92 Å². The number of aromatic nitrogens is 1. The zero-order valence-electron chi connectivity index (χ0n) is 11.0. The monoisotopic (exact) mass is 277 g/mol. The summed E-state index contributed by atoms with van der Waals surface area (Å²) in [5, 5.41) is 17.0. The first kappa shape index (κ1) is 13.5. The topological polar surface area (TPSA) is 68.1 Å². The van der Waals surface area contributed by atoms with Gasteiger partial charge in [0.05, 0.1) is 11.0 Å². The second-order valence-electron chi connectivity index (χ2n) is 4.51. The fourth-order valence-electron chi connectivity index (χ4n) is 1.83. The number of thiazole rings is 1. The predicted octanol–water partition coefficient (Wildman–Crippen LogP) is 3.84. The summed E-state index contributed by atoms with van der Waals surface area (Å²) in [5.41, 5.74) is 2.69. The molecule has 1 atom stereocenters. The third kappa shape index (κ3) is 3.29. The molecular formula is C13H15N3O2S. The molecule has 5 nitrogen and oxygen atoms in total. The van der Waals surface area contributed by atoms with Gasteiger partial charge in [-0.05, 0) is 32.4 Å². The lowest BCUT2D eigenvalue weighted by Gasteiger charge is -2.13. The van der Waals surface area contributed by atoms with E-state index in [2.05, 4.69) is 10.3 Å². The van der Waals surface area contributed by atoms with Gasteiger partial charge in [-0.3, -0.25) is 10.1 Å². The van der Waals surface area contributed by atoms with Crippen molar-refractivity contribution in [2.75, 3.05) is 5.32 Å². The lowest BCUT2D eigenvalue weighted by Crippen LogP contribution is -2.06. The largest absolute Gasteiger partial charge is 0.376 e. The number of hydrogen-bond acceptors (Lipinski definition) is 5. The van der Waals surface area contributed by atoms with Gasteiger partial charge in [-0.2, -0.15) is 0 Å². The Morgan fingerprint density at radius 3 is 2.68 bits per heavy atom. The molecule has 1 heterocycles. The van der Waals surface area contributed by atoms with E-state index in [1.165, 1.54) is 0 Å². The van der Waals surface area contributed by atoms with E-state index in [4.69, 9.17) is 0 Å². The minimum atomic E-state index is -0.379. The number of aryl methyl sites for hydroxylation is 2. The molecule has 0 fully saturated rings. The van der Waals surface area contributed by atoms with E-state index in [-0.39, 0.29) is 16.7 Å². The van der Waals surface area contributed by atoms with E-state index >= 15 is 0 Å². The van der Waals surface area contributed by atoms with Crippen molar-refractivity contribution in [1.82, 2.24) is 4.98 Å². The molecule has 1 unspecified atom stereocenters. The molecule has 2 aromatic rings. The number of nitrogens with one attached hydrogen (secondary N) is 1. The second-order valence-corrected chi connectivity index (χ2v) is 5.40. The van der Waals surface area contributed by atoms with Gasteiger partial charge in [-0.25, -0.2) is 4.98 Å². The third-order valence-corrected chi connectivity index (χ3v) is 3.81. The van der Waals surface area contributed by atoms with Crippen LogP contribution in [0.25, 0.3) is 0 Å². The molecule has 0 bridgehead atoms. The quantitative estimate of drug-likeness (QED) is 0.681. The van der Waals surface area contributed by atoms with Crippen molar-refractivity contribution in [3.8, 4) is 0 Å². The van der Waals surface area contributed by atoms with Crippen LogP contribution in [0, 0.1) is 24.0 Å². The Morgan fingerprint density at radius 1 is 1.37 bits per heavy atom. The molecule has 0 spiro atoms. The first-order valence-electron chi connectivity index (χ1n) is 5.90. The Kier molecular flexibility index (Phi) is 3.80. The van der Waals surface area contributed by atoms with Crippen molar-refractivity contribution >= 4 is 22.7 Å². The van der Waals surface area contributed by atoms with Crippen LogP contribution >= 0.6 is 11.3 Å². The lowest BCUT2D eigenvalue weighted by molar-refractivity contribution is -0.384. The van der Waals surface area contributed by atoms with Gasteiger partial charge in [0.1, 0.15) is 5.01 Å². The van der Waals surface area contributed by atoms with E-state index in [1.54, 1.807) is 23.5 Å². The van der Waals surface area contributed by atoms with E-state index in [1.807, 2.05) is 32.2 Å². The molecule has 0 amide bonds. The summed E-state index contributed by atoms with van der Waals surface area (Å²) in [6.45, 7) is 5.78. The summed E-state index contributed by atoms with van der Waals surface area (Å²) >= 11 is 1.58. The normalized spacial score (nSPS) is 12.2. The fraction of sp³-hybridized carbons (Fsp3) is 0.308. The fourth-order valence-corrected chi connectivity index (χ4v) is 2.64. The average Bonchev–Trinajstić information content (AvgIpc) is 2.75. The smallest absolute Gasteiger partial charge is 0.271 e. The van der Waals surface area contributed by atoms with E-state index < -0.39 is 0 Å². The van der Waals surface area contributed by atoms with Crippen molar-refractivity contribution in [3.05, 3.63) is 50.0 Å². The third-order valence-electron chi connectivity index (χ3n) is 2.66. The van der Waals surface area contributed by atoms with Crippen LogP contribution in [0.15, 0.2) is 23.6 Å². The summed E-state index contributed by atoms with van der Waals surface area (Å²) in [7, 11) is 0. The van der Waals surface area contributed by atoms with Gasteiger partial charge in [0.25, 0.3) is 5.69 Å². The van der Waals surface area contributed by atoms with Gasteiger partial charge in [0.15, 0.2) is 0 Å². The Morgan fingerprint density at radius 2 is 2.11 bits per heavy atom. The predicted molar refractivity (Wildman–Crippen MR) is 76.7 cm³/mol. The molecule has 1 aromatic carbocycles. The first-order valence-corrected chi connectivity index (χ1v) is 6.78. The van der Waals surface area contributed by atoms with Gasteiger partial charge in [0, 0.05) is 28.9 Å². The van der Waals surface area contributed by atoms with Crippen LogP contribution in [0.1, 0.15) is 29.2 Å². The highest BCUT2D eigenvalue weighted by Crippen LogP contribution is 2.26. The first-order chi connectivity index (χ1) is 8.95. The van der Waals surface area contributed by atoms with E-state index in [0.29, 0.717) is 0 Å². The van der Waals surface area contributed by atoms with Gasteiger partial charge in [-0.15, -0.1) is 11.3 Å². The second kappa shape index (κ2) is 5.36. The SMILES string of the molecule is Cc1cc(NC(C)c2nc(C)cs2)cc([N+](=O)[O-])c1. The van der Waals surface area contributed by atoms with Crippen LogP contribution in [0.4, 0.5) is 11.4 Å². The van der Waals surface area contributed by atoms with Crippen LogP contribution < -0.4 is 5.32 Å². The van der Waals surface area contributed by atoms with Crippen molar-refractivity contribution in [2.45, 2.75) is 26.8 Å². The number of rotatable bonds is 4. The highest BCUT2D eigenvalue weighted by molar-refractivity contribution is 7.09. The Labute approximate surface area is 115 Å². The highest BCUT2D eigenvalue weighted by atomic mass is 32.1. The maximum absolute atomic E-state index is 10.8.